The van der Waals surface area contributed by atoms with Crippen molar-refractivity contribution in [1.82, 2.24) is 15.1 Å². The highest BCUT2D eigenvalue weighted by molar-refractivity contribution is 5.72. The number of aliphatic hydroxyl groups is 2. The number of phenols is 2. The first-order chi connectivity index (χ1) is 23.8. The number of hydrogen-bond donors (Lipinski definition) is 4. The number of nitrogens with zero attached hydrogens (tertiary/aromatic N) is 3. The second-order valence-corrected chi connectivity index (χ2v) is 17.6. The molecule has 2 aromatic carbocycles. The maximum absolute atomic E-state index is 14.0. The number of fused-ring (bicyclic) bond motifs is 2. The molecule has 9 nitrogen and oxygen atoms in total. The van der Waals surface area contributed by atoms with Gasteiger partial charge in [0.1, 0.15) is 11.7 Å². The standard InChI is InChI=1S/C40H42N3O6/c44-25-7-6-22-14-28-40(47)32-23-16-39(46)27-13-21-5-8-26(45)35-31(21)38(39,10-12-42(27)17-19-1-2-19)36(49-35)33(23)41-24(32)15-29-37(40,30(22)34(25)48-29)9-11-43(28)18-20-3-4-20/h5-8,19-20,27-29,36,44-47H,1-4,9-18H2/t27-,28-,29+,36+,37-,38+,39-,40+/m1/s1. The lowest BCUT2D eigenvalue weighted by Crippen LogP contribution is -2.77. The summed E-state index contributed by atoms with van der Waals surface area (Å²) in [5, 5.41) is 55.4. The van der Waals surface area contributed by atoms with Gasteiger partial charge in [0.25, 0.3) is 0 Å². The van der Waals surface area contributed by atoms with Crippen molar-refractivity contribution in [3.63, 3.8) is 0 Å². The van der Waals surface area contributed by atoms with Crippen LogP contribution in [0.4, 0.5) is 0 Å². The van der Waals surface area contributed by atoms with Crippen molar-refractivity contribution in [2.45, 2.75) is 111 Å². The van der Waals surface area contributed by atoms with Crippen molar-refractivity contribution in [2.24, 2.45) is 11.8 Å². The number of ether oxygens (including phenoxy) is 2. The molecular weight excluding hydrogens is 618 g/mol. The van der Waals surface area contributed by atoms with Crippen LogP contribution in [0, 0.1) is 11.8 Å². The molecule has 49 heavy (non-hydrogen) atoms. The molecule has 5 aliphatic heterocycles. The Labute approximate surface area is 285 Å². The number of rotatable bonds is 4. The van der Waals surface area contributed by atoms with E-state index in [1.807, 2.05) is 0 Å². The Balaban J connectivity index is 1.03. The molecule has 4 fully saturated rings. The lowest BCUT2D eigenvalue weighted by Gasteiger charge is -2.65. The first kappa shape index (κ1) is 27.5. The average molecular weight is 661 g/mol. The summed E-state index contributed by atoms with van der Waals surface area (Å²) < 4.78 is 13.7. The summed E-state index contributed by atoms with van der Waals surface area (Å²) in [6.07, 6.45) is 7.94. The zero-order chi connectivity index (χ0) is 32.4. The molecule has 5 heterocycles. The van der Waals surface area contributed by atoms with Crippen LogP contribution in [0.15, 0.2) is 46.8 Å². The quantitative estimate of drug-likeness (QED) is 0.395. The minimum Gasteiger partial charge on any atom is -0.504 e. The Bertz CT molecular complexity index is 2020. The van der Waals surface area contributed by atoms with Gasteiger partial charge in [0.15, 0.2) is 29.1 Å². The van der Waals surface area contributed by atoms with Crippen molar-refractivity contribution in [3.8, 4) is 23.0 Å². The second-order valence-electron chi connectivity index (χ2n) is 17.6. The van der Waals surface area contributed by atoms with Gasteiger partial charge in [-0.05, 0) is 105 Å². The van der Waals surface area contributed by atoms with Crippen LogP contribution in [-0.2, 0) is 23.7 Å². The summed E-state index contributed by atoms with van der Waals surface area (Å²) in [5.41, 5.74) is 4.02. The number of phenolic OH excluding ortho intramolecular Hbond substituents is 2. The zero-order valence-electron chi connectivity index (χ0n) is 27.6. The summed E-state index contributed by atoms with van der Waals surface area (Å²) in [7, 11) is 0. The van der Waals surface area contributed by atoms with E-state index in [0.29, 0.717) is 49.0 Å². The van der Waals surface area contributed by atoms with Crippen LogP contribution >= 0.6 is 0 Å². The zero-order valence-corrected chi connectivity index (χ0v) is 27.6. The highest BCUT2D eigenvalue weighted by atomic mass is 16.5. The van der Waals surface area contributed by atoms with Gasteiger partial charge in [-0.1, -0.05) is 12.1 Å². The molecule has 253 valence electrons. The fourth-order valence-electron chi connectivity index (χ4n) is 13.3. The molecule has 13 rings (SSSR count). The van der Waals surface area contributed by atoms with E-state index in [1.54, 1.807) is 12.1 Å². The van der Waals surface area contributed by atoms with E-state index < -0.39 is 28.1 Å². The van der Waals surface area contributed by atoms with Crippen LogP contribution in [0.1, 0.15) is 73.6 Å². The van der Waals surface area contributed by atoms with E-state index in [4.69, 9.17) is 14.8 Å². The molecule has 6 aliphatic carbocycles. The van der Waals surface area contributed by atoms with E-state index in [1.165, 1.54) is 36.8 Å². The van der Waals surface area contributed by atoms with Crippen LogP contribution in [0.3, 0.4) is 0 Å². The van der Waals surface area contributed by atoms with Gasteiger partial charge in [-0.3, -0.25) is 15.1 Å². The van der Waals surface area contributed by atoms with E-state index in [2.05, 4.69) is 21.9 Å². The summed E-state index contributed by atoms with van der Waals surface area (Å²) in [5.74, 6) is 2.70. The summed E-state index contributed by atoms with van der Waals surface area (Å²) in [4.78, 5) is 5.12. The summed E-state index contributed by atoms with van der Waals surface area (Å²) >= 11 is 0. The lowest BCUT2D eigenvalue weighted by molar-refractivity contribution is -0.168. The maximum Gasteiger partial charge on any atom is 0.166 e. The van der Waals surface area contributed by atoms with Crippen LogP contribution in [0.25, 0.3) is 0 Å². The fourth-order valence-corrected chi connectivity index (χ4v) is 13.3. The highest BCUT2D eigenvalue weighted by Gasteiger charge is 2.78. The lowest BCUT2D eigenvalue weighted by atomic mass is 9.45. The Hall–Kier alpha value is -3.24. The number of hydrogen-bond acceptors (Lipinski definition) is 8. The minimum absolute atomic E-state index is 0.0879. The van der Waals surface area contributed by atoms with E-state index in [0.717, 1.165) is 72.7 Å². The highest BCUT2D eigenvalue weighted by Crippen LogP contribution is 2.72. The van der Waals surface area contributed by atoms with Crippen molar-refractivity contribution in [3.05, 3.63) is 69.1 Å². The molecule has 0 amide bonds. The Kier molecular flexibility index (Phi) is 4.64. The van der Waals surface area contributed by atoms with E-state index >= 15 is 0 Å². The first-order valence-electron chi connectivity index (χ1n) is 18.9. The molecule has 4 N–H and O–H groups in total. The predicted octanol–water partition coefficient (Wildman–Crippen LogP) is 3.27. The van der Waals surface area contributed by atoms with Gasteiger partial charge in [-0.15, -0.1) is 0 Å². The second kappa shape index (κ2) is 8.28. The summed E-state index contributed by atoms with van der Waals surface area (Å²) in [6.45, 7) is 3.76. The fraction of sp³-hybridized carbons (Fsp3) is 0.600. The number of piperidine rings is 2. The molecule has 4 bridgehead atoms. The van der Waals surface area contributed by atoms with Crippen LogP contribution in [0.2, 0.25) is 0 Å². The largest absolute Gasteiger partial charge is 0.504 e. The molecule has 2 aromatic rings. The maximum atomic E-state index is 14.0. The third-order valence-electron chi connectivity index (χ3n) is 15.6. The SMILES string of the molecule is Oc1ccc2c3c1O[C@H]1C4=C(C[C@@]5(O)[C@@H](C2)N(CC2CC2)CC[C@]315)C1=C(C[C@@H]2Oc3c(O)ccc5c3[C@@]23CCN(CC2CC2)[C@H](C5)[C@]13O)[N]4. The molecule has 0 aromatic heterocycles. The van der Waals surface area contributed by atoms with Crippen LogP contribution < -0.4 is 14.8 Å². The molecule has 11 aliphatic rings. The van der Waals surface area contributed by atoms with Gasteiger partial charge < -0.3 is 29.9 Å². The number of aromatic hydroxyl groups is 2. The number of benzene rings is 2. The Morgan fingerprint density at radius 3 is 2.06 bits per heavy atom. The predicted molar refractivity (Wildman–Crippen MR) is 177 cm³/mol. The molecule has 2 saturated heterocycles. The van der Waals surface area contributed by atoms with Gasteiger partial charge in [-0.25, -0.2) is 0 Å². The van der Waals surface area contributed by atoms with E-state index in [9.17, 15) is 20.4 Å². The van der Waals surface area contributed by atoms with Gasteiger partial charge in [-0.2, -0.15) is 0 Å². The van der Waals surface area contributed by atoms with E-state index in [-0.39, 0.29) is 29.7 Å². The third-order valence-corrected chi connectivity index (χ3v) is 15.6. The summed E-state index contributed by atoms with van der Waals surface area (Å²) in [6, 6.07) is 7.39. The molecule has 2 spiro atoms. The monoisotopic (exact) mass is 660 g/mol. The minimum atomic E-state index is -1.30. The van der Waals surface area contributed by atoms with Gasteiger partial charge >= 0.3 is 0 Å². The van der Waals surface area contributed by atoms with Crippen molar-refractivity contribution >= 4 is 0 Å². The molecule has 1 radical (unpaired) electrons. The normalized spacial score (nSPS) is 43.0. The topological polar surface area (TPSA) is 120 Å². The van der Waals surface area contributed by atoms with Gasteiger partial charge in [0.05, 0.1) is 27.8 Å². The molecule has 9 heteroatoms. The first-order valence-corrected chi connectivity index (χ1v) is 18.9. The molecular formula is C40H42N3O6. The molecule has 0 unspecified atom stereocenters. The van der Waals surface area contributed by atoms with Crippen molar-refractivity contribution in [1.29, 1.82) is 0 Å². The molecule has 2 saturated carbocycles. The Morgan fingerprint density at radius 1 is 0.755 bits per heavy atom. The van der Waals surface area contributed by atoms with Crippen molar-refractivity contribution < 1.29 is 29.9 Å². The number of likely N-dealkylation sites (tertiary alicyclic amines) is 2. The Morgan fingerprint density at radius 2 is 1.37 bits per heavy atom. The van der Waals surface area contributed by atoms with Crippen LogP contribution in [-0.4, -0.2) is 91.9 Å². The van der Waals surface area contributed by atoms with Gasteiger partial charge in [0, 0.05) is 54.7 Å². The molecule has 8 atom stereocenters. The average Bonchev–Trinajstić information content (AvgIpc) is 3.97. The van der Waals surface area contributed by atoms with Crippen molar-refractivity contribution in [2.75, 3.05) is 26.2 Å². The smallest absolute Gasteiger partial charge is 0.166 e. The van der Waals surface area contributed by atoms with Crippen LogP contribution in [0.5, 0.6) is 23.0 Å². The van der Waals surface area contributed by atoms with Gasteiger partial charge in [0.2, 0.25) is 0 Å². The third kappa shape index (κ3) is 2.84.